The van der Waals surface area contributed by atoms with Crippen LogP contribution in [0.15, 0.2) is 65.8 Å². The second-order valence-electron chi connectivity index (χ2n) is 5.42. The first-order chi connectivity index (χ1) is 12.5. The van der Waals surface area contributed by atoms with Gasteiger partial charge in [0.1, 0.15) is 11.5 Å². The van der Waals surface area contributed by atoms with E-state index in [1.54, 1.807) is 12.1 Å². The number of hydrazone groups is 1. The third-order valence-electron chi connectivity index (χ3n) is 3.63. The molecule has 3 rings (SSSR count). The molecule has 0 aromatic heterocycles. The van der Waals surface area contributed by atoms with Crippen molar-refractivity contribution >= 4 is 34.5 Å². The number of anilines is 1. The standard InChI is InChI=1S/C19H15N3O4/c23-14-9-8-13(17(24)10-14)11-20-22-19(26)18(25)21-16-7-3-5-12-4-1-2-6-15(12)16/h1-11,23-24H,(H,21,25)(H,22,26)/b20-11-. The fourth-order valence-electron chi connectivity index (χ4n) is 2.37. The van der Waals surface area contributed by atoms with Crippen molar-refractivity contribution in [2.45, 2.75) is 0 Å². The molecule has 26 heavy (non-hydrogen) atoms. The molecule has 0 fully saturated rings. The lowest BCUT2D eigenvalue weighted by molar-refractivity contribution is -0.136. The molecule has 0 spiro atoms. The van der Waals surface area contributed by atoms with E-state index in [1.165, 1.54) is 12.1 Å². The Hall–Kier alpha value is -3.87. The van der Waals surface area contributed by atoms with E-state index in [0.29, 0.717) is 5.69 Å². The van der Waals surface area contributed by atoms with Gasteiger partial charge in [0.25, 0.3) is 0 Å². The van der Waals surface area contributed by atoms with Gasteiger partial charge in [0, 0.05) is 22.7 Å². The quantitative estimate of drug-likeness (QED) is 0.330. The molecule has 3 aromatic rings. The maximum absolute atomic E-state index is 12.0. The summed E-state index contributed by atoms with van der Waals surface area (Å²) in [5, 5.41) is 26.8. The Bertz CT molecular complexity index is 1010. The number of benzene rings is 3. The molecular formula is C19H15N3O4. The molecule has 0 aliphatic heterocycles. The number of phenolic OH excluding ortho intramolecular Hbond substituents is 2. The largest absolute Gasteiger partial charge is 0.508 e. The van der Waals surface area contributed by atoms with Gasteiger partial charge in [-0.25, -0.2) is 5.43 Å². The maximum Gasteiger partial charge on any atom is 0.329 e. The first-order valence-corrected chi connectivity index (χ1v) is 7.69. The SMILES string of the molecule is O=C(N/N=C\c1ccc(O)cc1O)C(=O)Nc1cccc2ccccc12. The lowest BCUT2D eigenvalue weighted by atomic mass is 10.1. The highest BCUT2D eigenvalue weighted by atomic mass is 16.3. The van der Waals surface area contributed by atoms with Crippen LogP contribution in [-0.2, 0) is 9.59 Å². The van der Waals surface area contributed by atoms with Gasteiger partial charge in [-0.2, -0.15) is 5.10 Å². The van der Waals surface area contributed by atoms with Gasteiger partial charge in [-0.15, -0.1) is 0 Å². The Morgan fingerprint density at radius 1 is 0.923 bits per heavy atom. The van der Waals surface area contributed by atoms with Gasteiger partial charge in [-0.1, -0.05) is 36.4 Å². The van der Waals surface area contributed by atoms with Gasteiger partial charge in [0.2, 0.25) is 0 Å². The van der Waals surface area contributed by atoms with Gasteiger partial charge < -0.3 is 15.5 Å². The zero-order valence-corrected chi connectivity index (χ0v) is 13.5. The molecule has 2 amide bonds. The first-order valence-electron chi connectivity index (χ1n) is 7.69. The molecule has 3 aromatic carbocycles. The van der Waals surface area contributed by atoms with Gasteiger partial charge in [-0.3, -0.25) is 9.59 Å². The third kappa shape index (κ3) is 3.78. The zero-order valence-electron chi connectivity index (χ0n) is 13.5. The van der Waals surface area contributed by atoms with E-state index in [-0.39, 0.29) is 17.1 Å². The highest BCUT2D eigenvalue weighted by Crippen LogP contribution is 2.23. The number of nitrogens with zero attached hydrogens (tertiary/aromatic N) is 1. The number of fused-ring (bicyclic) bond motifs is 1. The van der Waals surface area contributed by atoms with Crippen LogP contribution >= 0.6 is 0 Å². The number of phenols is 2. The summed E-state index contributed by atoms with van der Waals surface area (Å²) < 4.78 is 0. The minimum absolute atomic E-state index is 0.0989. The molecule has 0 unspecified atom stereocenters. The Morgan fingerprint density at radius 2 is 1.69 bits per heavy atom. The molecule has 0 aliphatic rings. The predicted molar refractivity (Wildman–Crippen MR) is 98.1 cm³/mol. The van der Waals surface area contributed by atoms with Crippen LogP contribution in [0.3, 0.4) is 0 Å². The predicted octanol–water partition coefficient (Wildman–Crippen LogP) is 2.34. The first kappa shape index (κ1) is 17.0. The maximum atomic E-state index is 12.0. The molecule has 0 atom stereocenters. The zero-order chi connectivity index (χ0) is 18.5. The van der Waals surface area contributed by atoms with Crippen molar-refractivity contribution in [1.29, 1.82) is 0 Å². The van der Waals surface area contributed by atoms with Crippen LogP contribution in [0.4, 0.5) is 5.69 Å². The van der Waals surface area contributed by atoms with Crippen LogP contribution in [0.1, 0.15) is 5.56 Å². The summed E-state index contributed by atoms with van der Waals surface area (Å²) in [6, 6.07) is 16.8. The average Bonchev–Trinajstić information content (AvgIpc) is 2.63. The average molecular weight is 349 g/mol. The van der Waals surface area contributed by atoms with E-state index in [0.717, 1.165) is 23.1 Å². The van der Waals surface area contributed by atoms with Crippen molar-refractivity contribution < 1.29 is 19.8 Å². The fraction of sp³-hybridized carbons (Fsp3) is 0. The number of nitrogens with one attached hydrogen (secondary N) is 2. The van der Waals surface area contributed by atoms with Gasteiger partial charge >= 0.3 is 11.8 Å². The number of amides is 2. The van der Waals surface area contributed by atoms with Crippen LogP contribution in [0, 0.1) is 0 Å². The highest BCUT2D eigenvalue weighted by molar-refractivity contribution is 6.40. The Labute approximate surface area is 148 Å². The van der Waals surface area contributed by atoms with E-state index >= 15 is 0 Å². The smallest absolute Gasteiger partial charge is 0.329 e. The second kappa shape index (κ2) is 7.35. The van der Waals surface area contributed by atoms with E-state index in [9.17, 15) is 19.8 Å². The molecule has 7 nitrogen and oxygen atoms in total. The van der Waals surface area contributed by atoms with Crippen molar-refractivity contribution in [3.63, 3.8) is 0 Å². The van der Waals surface area contributed by atoms with Crippen LogP contribution in [0.25, 0.3) is 10.8 Å². The Balaban J connectivity index is 1.66. The summed E-state index contributed by atoms with van der Waals surface area (Å²) in [6.45, 7) is 0. The summed E-state index contributed by atoms with van der Waals surface area (Å²) in [6.07, 6.45) is 1.16. The summed E-state index contributed by atoms with van der Waals surface area (Å²) >= 11 is 0. The molecule has 0 heterocycles. The van der Waals surface area contributed by atoms with Crippen molar-refractivity contribution in [2.24, 2.45) is 5.10 Å². The van der Waals surface area contributed by atoms with Crippen LogP contribution in [0.5, 0.6) is 11.5 Å². The molecule has 0 aliphatic carbocycles. The monoisotopic (exact) mass is 349 g/mol. The normalized spacial score (nSPS) is 10.8. The van der Waals surface area contributed by atoms with Crippen LogP contribution < -0.4 is 10.7 Å². The molecule has 0 saturated heterocycles. The highest BCUT2D eigenvalue weighted by Gasteiger charge is 2.14. The number of carbonyl (C=O) groups is 2. The van der Waals surface area contributed by atoms with Crippen molar-refractivity contribution in [3.8, 4) is 11.5 Å². The number of rotatable bonds is 3. The molecular weight excluding hydrogens is 334 g/mol. The van der Waals surface area contributed by atoms with E-state index in [1.807, 2.05) is 30.3 Å². The van der Waals surface area contributed by atoms with E-state index in [2.05, 4.69) is 15.8 Å². The molecule has 7 heteroatoms. The molecule has 4 N–H and O–H groups in total. The van der Waals surface area contributed by atoms with Gasteiger partial charge in [0.05, 0.1) is 6.21 Å². The second-order valence-corrected chi connectivity index (χ2v) is 5.42. The molecule has 0 saturated carbocycles. The van der Waals surface area contributed by atoms with Crippen molar-refractivity contribution in [2.75, 3.05) is 5.32 Å². The number of hydrogen-bond acceptors (Lipinski definition) is 5. The summed E-state index contributed by atoms with van der Waals surface area (Å²) in [4.78, 5) is 23.9. The fourth-order valence-corrected chi connectivity index (χ4v) is 2.37. The number of hydrogen-bond donors (Lipinski definition) is 4. The van der Waals surface area contributed by atoms with Crippen molar-refractivity contribution in [3.05, 3.63) is 66.2 Å². The summed E-state index contributed by atoms with van der Waals surface area (Å²) in [5.41, 5.74) is 2.88. The summed E-state index contributed by atoms with van der Waals surface area (Å²) in [7, 11) is 0. The van der Waals surface area contributed by atoms with E-state index in [4.69, 9.17) is 0 Å². The third-order valence-corrected chi connectivity index (χ3v) is 3.63. The molecule has 0 bridgehead atoms. The van der Waals surface area contributed by atoms with E-state index < -0.39 is 11.8 Å². The Morgan fingerprint density at radius 3 is 2.50 bits per heavy atom. The van der Waals surface area contributed by atoms with Gasteiger partial charge in [-0.05, 0) is 23.6 Å². The van der Waals surface area contributed by atoms with Gasteiger partial charge in [0.15, 0.2) is 0 Å². The minimum Gasteiger partial charge on any atom is -0.508 e. The lowest BCUT2D eigenvalue weighted by Crippen LogP contribution is -2.32. The van der Waals surface area contributed by atoms with Crippen LogP contribution in [-0.4, -0.2) is 28.2 Å². The molecule has 0 radical (unpaired) electrons. The number of aromatic hydroxyl groups is 2. The van der Waals surface area contributed by atoms with Crippen molar-refractivity contribution in [1.82, 2.24) is 5.43 Å². The Kier molecular flexibility index (Phi) is 4.80. The summed E-state index contributed by atoms with van der Waals surface area (Å²) in [5.74, 6) is -2.12. The molecule has 130 valence electrons. The topological polar surface area (TPSA) is 111 Å². The lowest BCUT2D eigenvalue weighted by Gasteiger charge is -2.07. The minimum atomic E-state index is -0.951. The number of carbonyl (C=O) groups excluding carboxylic acids is 2. The van der Waals surface area contributed by atoms with Crippen LogP contribution in [0.2, 0.25) is 0 Å².